The Morgan fingerprint density at radius 2 is 1.66 bits per heavy atom. The van der Waals surface area contributed by atoms with E-state index in [-0.39, 0.29) is 35.5 Å². The number of hydrogen-bond acceptors (Lipinski definition) is 3. The van der Waals surface area contributed by atoms with Crippen molar-refractivity contribution in [2.24, 2.45) is 5.41 Å². The van der Waals surface area contributed by atoms with E-state index in [1.54, 1.807) is 24.3 Å². The van der Waals surface area contributed by atoms with E-state index in [2.05, 4.69) is 20.6 Å². The standard InChI is InChI=1S/C28H21ClF6N4O2/c29-20-8-2-15(14-36-25(41)26(10-1-11-26)28(33,34)35)12-19(20)24(40)37-18-6-3-16(4-7-18)23-38-21-9-5-17(27(30,31)32)13-22(21)39-23/h2-9,12-13H,1,10-11,14H2,(H,36,41)(H,37,40)(H,38,39). The average molecular weight is 595 g/mol. The monoisotopic (exact) mass is 594 g/mol. The van der Waals surface area contributed by atoms with Gasteiger partial charge in [-0.05, 0) is 73.0 Å². The van der Waals surface area contributed by atoms with Crippen molar-refractivity contribution in [2.75, 3.05) is 5.32 Å². The Bertz CT molecular complexity index is 1630. The lowest BCUT2D eigenvalue weighted by molar-refractivity contribution is -0.243. The number of alkyl halides is 6. The first-order valence-electron chi connectivity index (χ1n) is 12.4. The van der Waals surface area contributed by atoms with Gasteiger partial charge in [0.1, 0.15) is 11.2 Å². The molecule has 1 aliphatic rings. The molecule has 41 heavy (non-hydrogen) atoms. The van der Waals surface area contributed by atoms with E-state index >= 15 is 0 Å². The summed E-state index contributed by atoms with van der Waals surface area (Å²) >= 11 is 6.19. The highest BCUT2D eigenvalue weighted by Crippen LogP contribution is 2.53. The molecule has 2 amide bonds. The summed E-state index contributed by atoms with van der Waals surface area (Å²) in [5, 5.41) is 5.09. The molecule has 5 rings (SSSR count). The summed E-state index contributed by atoms with van der Waals surface area (Å²) in [5.41, 5.74) is -1.22. The number of anilines is 1. The quantitative estimate of drug-likeness (QED) is 0.202. The maximum Gasteiger partial charge on any atom is 0.416 e. The molecular formula is C28H21ClF6N4O2. The number of rotatable bonds is 6. The summed E-state index contributed by atoms with van der Waals surface area (Å²) < 4.78 is 79.2. The minimum Gasteiger partial charge on any atom is -0.351 e. The first-order chi connectivity index (χ1) is 19.3. The fraction of sp³-hybridized carbons (Fsp3) is 0.250. The first-order valence-corrected chi connectivity index (χ1v) is 12.8. The number of halogens is 7. The van der Waals surface area contributed by atoms with Gasteiger partial charge >= 0.3 is 12.4 Å². The molecule has 13 heteroatoms. The molecule has 0 atom stereocenters. The molecule has 0 spiro atoms. The van der Waals surface area contributed by atoms with Crippen LogP contribution in [0.25, 0.3) is 22.4 Å². The van der Waals surface area contributed by atoms with Crippen molar-refractivity contribution in [1.82, 2.24) is 15.3 Å². The summed E-state index contributed by atoms with van der Waals surface area (Å²) in [7, 11) is 0. The number of imidazole rings is 1. The molecule has 6 nitrogen and oxygen atoms in total. The van der Waals surface area contributed by atoms with Crippen LogP contribution in [0, 0.1) is 5.41 Å². The normalized spacial score (nSPS) is 14.9. The Kier molecular flexibility index (Phi) is 7.22. The number of amides is 2. The Morgan fingerprint density at radius 3 is 2.27 bits per heavy atom. The number of fused-ring (bicyclic) bond motifs is 1. The topological polar surface area (TPSA) is 86.9 Å². The predicted octanol–water partition coefficient (Wildman–Crippen LogP) is 7.50. The van der Waals surface area contributed by atoms with Crippen LogP contribution in [0.5, 0.6) is 0 Å². The Balaban J connectivity index is 1.26. The highest BCUT2D eigenvalue weighted by Gasteiger charge is 2.63. The van der Waals surface area contributed by atoms with Gasteiger partial charge in [0.25, 0.3) is 5.91 Å². The van der Waals surface area contributed by atoms with Crippen LogP contribution in [-0.4, -0.2) is 28.0 Å². The van der Waals surface area contributed by atoms with Crippen molar-refractivity contribution in [1.29, 1.82) is 0 Å². The van der Waals surface area contributed by atoms with Gasteiger partial charge in [-0.25, -0.2) is 4.98 Å². The first kappa shape index (κ1) is 28.5. The van der Waals surface area contributed by atoms with Gasteiger partial charge in [0, 0.05) is 17.8 Å². The number of carbonyl (C=O) groups is 2. The summed E-state index contributed by atoms with van der Waals surface area (Å²) in [6.45, 7) is -0.217. The van der Waals surface area contributed by atoms with E-state index in [1.807, 2.05) is 0 Å². The number of H-pyrrole nitrogens is 1. The molecule has 3 aromatic carbocycles. The van der Waals surface area contributed by atoms with Crippen molar-refractivity contribution in [3.63, 3.8) is 0 Å². The number of aromatic amines is 1. The van der Waals surface area contributed by atoms with E-state index in [1.165, 1.54) is 24.3 Å². The lowest BCUT2D eigenvalue weighted by Gasteiger charge is -2.41. The highest BCUT2D eigenvalue weighted by atomic mass is 35.5. The Hall–Kier alpha value is -4.06. The zero-order valence-electron chi connectivity index (χ0n) is 21.0. The van der Waals surface area contributed by atoms with Gasteiger partial charge in [0.15, 0.2) is 0 Å². The zero-order chi connectivity index (χ0) is 29.6. The van der Waals surface area contributed by atoms with Crippen molar-refractivity contribution in [3.05, 3.63) is 82.4 Å². The third-order valence-electron chi connectivity index (χ3n) is 7.14. The molecular weight excluding hydrogens is 574 g/mol. The van der Waals surface area contributed by atoms with Crippen molar-refractivity contribution in [3.8, 4) is 11.4 Å². The number of nitrogens with one attached hydrogen (secondary N) is 3. The molecule has 0 saturated heterocycles. The minimum absolute atomic E-state index is 0.0504. The molecule has 1 saturated carbocycles. The van der Waals surface area contributed by atoms with Crippen LogP contribution < -0.4 is 10.6 Å². The van der Waals surface area contributed by atoms with Gasteiger partial charge in [0.05, 0.1) is 27.2 Å². The van der Waals surface area contributed by atoms with Crippen molar-refractivity contribution in [2.45, 2.75) is 38.2 Å². The fourth-order valence-electron chi connectivity index (χ4n) is 4.61. The van der Waals surface area contributed by atoms with E-state index < -0.39 is 35.1 Å². The van der Waals surface area contributed by atoms with Gasteiger partial charge in [0.2, 0.25) is 5.91 Å². The molecule has 0 unspecified atom stereocenters. The van der Waals surface area contributed by atoms with Crippen LogP contribution in [-0.2, 0) is 17.5 Å². The Morgan fingerprint density at radius 1 is 0.951 bits per heavy atom. The average Bonchev–Trinajstić information content (AvgIpc) is 3.30. The Labute approximate surface area is 234 Å². The molecule has 3 N–H and O–H groups in total. The van der Waals surface area contributed by atoms with Crippen LogP contribution in [0.1, 0.15) is 40.7 Å². The summed E-state index contributed by atoms with van der Waals surface area (Å²) in [6, 6.07) is 13.9. The fourth-order valence-corrected chi connectivity index (χ4v) is 4.81. The second-order valence-corrected chi connectivity index (χ2v) is 10.2. The van der Waals surface area contributed by atoms with E-state index in [0.717, 1.165) is 12.1 Å². The third-order valence-corrected chi connectivity index (χ3v) is 7.47. The molecule has 0 bridgehead atoms. The van der Waals surface area contributed by atoms with Gasteiger partial charge in [-0.15, -0.1) is 0 Å². The number of aromatic nitrogens is 2. The predicted molar refractivity (Wildman–Crippen MR) is 140 cm³/mol. The third kappa shape index (κ3) is 5.61. The van der Waals surface area contributed by atoms with Gasteiger partial charge in [-0.1, -0.05) is 24.1 Å². The summed E-state index contributed by atoms with van der Waals surface area (Å²) in [6.07, 6.45) is -9.33. The number of nitrogens with zero attached hydrogens (tertiary/aromatic N) is 1. The van der Waals surface area contributed by atoms with Crippen LogP contribution >= 0.6 is 11.6 Å². The maximum absolute atomic E-state index is 13.4. The molecule has 1 aromatic heterocycles. The van der Waals surface area contributed by atoms with Crippen LogP contribution in [0.4, 0.5) is 32.0 Å². The van der Waals surface area contributed by atoms with Crippen molar-refractivity contribution < 1.29 is 35.9 Å². The highest BCUT2D eigenvalue weighted by molar-refractivity contribution is 6.34. The second-order valence-electron chi connectivity index (χ2n) is 9.78. The van der Waals surface area contributed by atoms with Crippen molar-refractivity contribution >= 4 is 40.1 Å². The molecule has 1 fully saturated rings. The lowest BCUT2D eigenvalue weighted by Crippen LogP contribution is -2.54. The van der Waals surface area contributed by atoms with Gasteiger partial charge in [-0.2, -0.15) is 26.3 Å². The van der Waals surface area contributed by atoms with Gasteiger partial charge < -0.3 is 15.6 Å². The SMILES string of the molecule is O=C(Nc1ccc(-c2nc3ccc(C(F)(F)F)cc3[nH]2)cc1)c1cc(CNC(=O)C2(C(F)(F)F)CCC2)ccc1Cl. The number of hydrogen-bond donors (Lipinski definition) is 3. The molecule has 4 aromatic rings. The van der Waals surface area contributed by atoms with Crippen LogP contribution in [0.15, 0.2) is 60.7 Å². The van der Waals surface area contributed by atoms with E-state index in [9.17, 15) is 35.9 Å². The lowest BCUT2D eigenvalue weighted by atomic mass is 9.67. The minimum atomic E-state index is -4.64. The largest absolute Gasteiger partial charge is 0.416 e. The molecule has 214 valence electrons. The molecule has 0 radical (unpaired) electrons. The van der Waals surface area contributed by atoms with Gasteiger partial charge in [-0.3, -0.25) is 9.59 Å². The number of carbonyl (C=O) groups excluding carboxylic acids is 2. The zero-order valence-corrected chi connectivity index (χ0v) is 21.8. The number of benzene rings is 3. The molecule has 0 aliphatic heterocycles. The van der Waals surface area contributed by atoms with E-state index in [0.29, 0.717) is 34.6 Å². The smallest absolute Gasteiger partial charge is 0.351 e. The summed E-state index contributed by atoms with van der Waals surface area (Å²) in [5.74, 6) is -1.35. The molecule has 1 aliphatic carbocycles. The van der Waals surface area contributed by atoms with Crippen LogP contribution in [0.3, 0.4) is 0 Å². The van der Waals surface area contributed by atoms with E-state index in [4.69, 9.17) is 11.6 Å². The molecule has 1 heterocycles. The second kappa shape index (κ2) is 10.4. The summed E-state index contributed by atoms with van der Waals surface area (Å²) in [4.78, 5) is 32.4. The maximum atomic E-state index is 13.4. The van der Waals surface area contributed by atoms with Crippen LogP contribution in [0.2, 0.25) is 5.02 Å².